The van der Waals surface area contributed by atoms with Crippen LogP contribution >= 0.6 is 11.6 Å². The molecule has 0 aliphatic heterocycles. The molecular formula is C29H26ClNO2. The molecule has 3 aromatic carbocycles. The van der Waals surface area contributed by atoms with Crippen molar-refractivity contribution in [3.63, 3.8) is 0 Å². The third kappa shape index (κ3) is 5.77. The number of aliphatic hydroxyl groups is 2. The molecule has 0 saturated heterocycles. The fraction of sp³-hybridized carbons (Fsp3) is 0.138. The van der Waals surface area contributed by atoms with Gasteiger partial charge in [-0.05, 0) is 66.4 Å². The number of aromatic nitrogens is 1. The number of rotatable bonds is 6. The fourth-order valence-corrected chi connectivity index (χ4v) is 3.90. The molecule has 1 heterocycles. The zero-order chi connectivity index (χ0) is 23.4. The van der Waals surface area contributed by atoms with Crippen molar-refractivity contribution in [2.24, 2.45) is 0 Å². The highest BCUT2D eigenvalue weighted by atomic mass is 35.5. The third-order valence-corrected chi connectivity index (χ3v) is 5.69. The smallest absolute Gasteiger partial charge is 0.0975 e. The number of nitrogens with zero attached hydrogens (tertiary/aromatic N) is 1. The second-order valence-electron chi connectivity index (χ2n) is 8.53. The first-order chi connectivity index (χ1) is 15.8. The van der Waals surface area contributed by atoms with Crippen molar-refractivity contribution in [3.8, 4) is 0 Å². The van der Waals surface area contributed by atoms with Gasteiger partial charge in [0.15, 0.2) is 0 Å². The SMILES string of the molecule is CC(C)(O)c1ccccc1/C=C/C(O)c1cccc(/C=C/c2ccc3ccc(Cl)cc3n2)c1. The van der Waals surface area contributed by atoms with Crippen LogP contribution < -0.4 is 0 Å². The van der Waals surface area contributed by atoms with Gasteiger partial charge in [-0.2, -0.15) is 0 Å². The van der Waals surface area contributed by atoms with E-state index in [1.807, 2.05) is 97.1 Å². The van der Waals surface area contributed by atoms with Crippen LogP contribution in [0.4, 0.5) is 0 Å². The quantitative estimate of drug-likeness (QED) is 0.328. The lowest BCUT2D eigenvalue weighted by molar-refractivity contribution is 0.0784. The minimum absolute atomic E-state index is 0.663. The number of hydrogen-bond acceptors (Lipinski definition) is 3. The van der Waals surface area contributed by atoms with E-state index < -0.39 is 11.7 Å². The Balaban J connectivity index is 1.53. The van der Waals surface area contributed by atoms with Crippen LogP contribution in [-0.4, -0.2) is 15.2 Å². The van der Waals surface area contributed by atoms with Gasteiger partial charge in [0.1, 0.15) is 0 Å². The minimum Gasteiger partial charge on any atom is -0.386 e. The summed E-state index contributed by atoms with van der Waals surface area (Å²) < 4.78 is 0. The Morgan fingerprint density at radius 1 is 0.879 bits per heavy atom. The van der Waals surface area contributed by atoms with Gasteiger partial charge in [0, 0.05) is 10.4 Å². The van der Waals surface area contributed by atoms with Crippen molar-refractivity contribution in [2.45, 2.75) is 25.6 Å². The number of hydrogen-bond donors (Lipinski definition) is 2. The largest absolute Gasteiger partial charge is 0.386 e. The summed E-state index contributed by atoms with van der Waals surface area (Å²) in [6.07, 6.45) is 6.74. The molecule has 0 aliphatic rings. The maximum Gasteiger partial charge on any atom is 0.0975 e. The van der Waals surface area contributed by atoms with Gasteiger partial charge in [-0.3, -0.25) is 0 Å². The van der Waals surface area contributed by atoms with Gasteiger partial charge in [0.25, 0.3) is 0 Å². The van der Waals surface area contributed by atoms with Crippen LogP contribution in [0.3, 0.4) is 0 Å². The van der Waals surface area contributed by atoms with Crippen molar-refractivity contribution in [1.82, 2.24) is 4.98 Å². The van der Waals surface area contributed by atoms with E-state index in [1.54, 1.807) is 19.9 Å². The predicted octanol–water partition coefficient (Wildman–Crippen LogP) is 7.03. The summed E-state index contributed by atoms with van der Waals surface area (Å²) in [6, 6.07) is 25.0. The van der Waals surface area contributed by atoms with Gasteiger partial charge in [0.2, 0.25) is 0 Å². The molecule has 33 heavy (non-hydrogen) atoms. The Morgan fingerprint density at radius 3 is 2.48 bits per heavy atom. The molecule has 2 N–H and O–H groups in total. The maximum atomic E-state index is 10.7. The van der Waals surface area contributed by atoms with E-state index in [2.05, 4.69) is 4.98 Å². The maximum absolute atomic E-state index is 10.7. The van der Waals surface area contributed by atoms with E-state index in [1.165, 1.54) is 0 Å². The molecule has 0 spiro atoms. The van der Waals surface area contributed by atoms with E-state index in [-0.39, 0.29) is 0 Å². The molecule has 0 fully saturated rings. The first-order valence-electron chi connectivity index (χ1n) is 10.8. The Kier molecular flexibility index (Phi) is 6.75. The lowest BCUT2D eigenvalue weighted by Crippen LogP contribution is -2.16. The van der Waals surface area contributed by atoms with Crippen LogP contribution in [0, 0.1) is 0 Å². The van der Waals surface area contributed by atoms with Gasteiger partial charge in [-0.25, -0.2) is 4.98 Å². The lowest BCUT2D eigenvalue weighted by Gasteiger charge is -2.20. The standard InChI is InChI=1S/C29H26ClNO2/c1-29(2,33)26-9-4-3-7-21(26)13-17-28(32)23-8-5-6-20(18-23)10-15-25-16-12-22-11-14-24(30)19-27(22)31-25/h3-19,28,32-33H,1-2H3/b15-10+,17-13+. The predicted molar refractivity (Wildman–Crippen MR) is 138 cm³/mol. The summed E-state index contributed by atoms with van der Waals surface area (Å²) in [5.41, 5.74) is 4.16. The average molecular weight is 456 g/mol. The number of aliphatic hydroxyl groups excluding tert-OH is 1. The van der Waals surface area contributed by atoms with Gasteiger partial charge >= 0.3 is 0 Å². The molecule has 4 rings (SSSR count). The first-order valence-corrected chi connectivity index (χ1v) is 11.2. The second kappa shape index (κ2) is 9.72. The zero-order valence-electron chi connectivity index (χ0n) is 18.6. The van der Waals surface area contributed by atoms with Crippen LogP contribution in [-0.2, 0) is 5.60 Å². The molecule has 4 aromatic rings. The lowest BCUT2D eigenvalue weighted by atomic mass is 9.92. The Hall–Kier alpha value is -3.24. The minimum atomic E-state index is -0.960. The summed E-state index contributed by atoms with van der Waals surface area (Å²) in [4.78, 5) is 4.65. The van der Waals surface area contributed by atoms with Crippen LogP contribution in [0.25, 0.3) is 29.1 Å². The Bertz CT molecular complexity index is 1340. The summed E-state index contributed by atoms with van der Waals surface area (Å²) in [5.74, 6) is 0. The third-order valence-electron chi connectivity index (χ3n) is 5.45. The summed E-state index contributed by atoms with van der Waals surface area (Å²) in [5, 5.41) is 22.8. The molecule has 0 saturated carbocycles. The van der Waals surface area contributed by atoms with Gasteiger partial charge in [0.05, 0.1) is 22.9 Å². The molecule has 0 radical (unpaired) electrons. The van der Waals surface area contributed by atoms with E-state index in [9.17, 15) is 10.2 Å². The Morgan fingerprint density at radius 2 is 1.67 bits per heavy atom. The summed E-state index contributed by atoms with van der Waals surface area (Å²) in [7, 11) is 0. The molecular weight excluding hydrogens is 430 g/mol. The van der Waals surface area contributed by atoms with Gasteiger partial charge < -0.3 is 10.2 Å². The van der Waals surface area contributed by atoms with Crippen molar-refractivity contribution in [2.75, 3.05) is 0 Å². The monoisotopic (exact) mass is 455 g/mol. The van der Waals surface area contributed by atoms with Gasteiger partial charge in [-0.15, -0.1) is 0 Å². The van der Waals surface area contributed by atoms with Crippen LogP contribution in [0.1, 0.15) is 47.9 Å². The highest BCUT2D eigenvalue weighted by Gasteiger charge is 2.18. The molecule has 1 aromatic heterocycles. The number of pyridine rings is 1. The highest BCUT2D eigenvalue weighted by Crippen LogP contribution is 2.26. The molecule has 1 atom stereocenters. The van der Waals surface area contributed by atoms with Crippen LogP contribution in [0.15, 0.2) is 84.9 Å². The van der Waals surface area contributed by atoms with Gasteiger partial charge in [-0.1, -0.05) is 84.4 Å². The van der Waals surface area contributed by atoms with Crippen LogP contribution in [0.5, 0.6) is 0 Å². The summed E-state index contributed by atoms with van der Waals surface area (Å²) in [6.45, 7) is 3.51. The molecule has 0 aliphatic carbocycles. The number of benzene rings is 3. The first kappa shape index (κ1) is 22.9. The van der Waals surface area contributed by atoms with E-state index >= 15 is 0 Å². The second-order valence-corrected chi connectivity index (χ2v) is 8.96. The zero-order valence-corrected chi connectivity index (χ0v) is 19.4. The Labute approximate surface area is 199 Å². The average Bonchev–Trinajstić information content (AvgIpc) is 2.80. The number of halogens is 1. The molecule has 4 heteroatoms. The molecule has 0 bridgehead atoms. The fourth-order valence-electron chi connectivity index (χ4n) is 3.73. The molecule has 3 nitrogen and oxygen atoms in total. The topological polar surface area (TPSA) is 53.4 Å². The van der Waals surface area contributed by atoms with E-state index in [4.69, 9.17) is 11.6 Å². The van der Waals surface area contributed by atoms with Crippen molar-refractivity contribution < 1.29 is 10.2 Å². The summed E-state index contributed by atoms with van der Waals surface area (Å²) >= 11 is 6.09. The van der Waals surface area contributed by atoms with E-state index in [0.29, 0.717) is 5.02 Å². The highest BCUT2D eigenvalue weighted by molar-refractivity contribution is 6.31. The van der Waals surface area contributed by atoms with Crippen molar-refractivity contribution >= 4 is 40.7 Å². The van der Waals surface area contributed by atoms with Crippen molar-refractivity contribution in [3.05, 3.63) is 118 Å². The van der Waals surface area contributed by atoms with E-state index in [0.717, 1.165) is 38.9 Å². The number of fused-ring (bicyclic) bond motifs is 1. The normalized spacial score (nSPS) is 13.2. The molecule has 1 unspecified atom stereocenters. The van der Waals surface area contributed by atoms with Crippen molar-refractivity contribution in [1.29, 1.82) is 0 Å². The van der Waals surface area contributed by atoms with Crippen LogP contribution in [0.2, 0.25) is 5.02 Å². The molecule has 0 amide bonds. The molecule has 166 valence electrons.